The van der Waals surface area contributed by atoms with Gasteiger partial charge >= 0.3 is 0 Å². The standard InChI is InChI=1S/C15H11BrN4O2S/c16-12-4-2-1-3-11(12)14-18-19-15(23)20(14)17-8-9-5-6-10(21)7-13(9)22/h1-8,21-22H,(H,19,23)/b17-8+. The monoisotopic (exact) mass is 390 g/mol. The van der Waals surface area contributed by atoms with Crippen molar-refractivity contribution >= 4 is 34.4 Å². The van der Waals surface area contributed by atoms with Crippen molar-refractivity contribution in [3.8, 4) is 22.9 Å². The molecule has 3 N–H and O–H groups in total. The molecule has 8 heteroatoms. The van der Waals surface area contributed by atoms with E-state index in [9.17, 15) is 10.2 Å². The van der Waals surface area contributed by atoms with E-state index >= 15 is 0 Å². The van der Waals surface area contributed by atoms with Crippen molar-refractivity contribution < 1.29 is 10.2 Å². The Morgan fingerprint density at radius 2 is 2.00 bits per heavy atom. The third-order valence-corrected chi connectivity index (χ3v) is 4.05. The fourth-order valence-corrected chi connectivity index (χ4v) is 2.62. The highest BCUT2D eigenvalue weighted by Crippen LogP contribution is 2.26. The smallest absolute Gasteiger partial charge is 0.216 e. The lowest BCUT2D eigenvalue weighted by molar-refractivity contribution is 0.450. The summed E-state index contributed by atoms with van der Waals surface area (Å²) >= 11 is 8.67. The fraction of sp³-hybridized carbons (Fsp3) is 0. The van der Waals surface area contributed by atoms with Gasteiger partial charge in [0, 0.05) is 21.7 Å². The summed E-state index contributed by atoms with van der Waals surface area (Å²) in [6.45, 7) is 0. The van der Waals surface area contributed by atoms with Crippen molar-refractivity contribution in [3.63, 3.8) is 0 Å². The molecule has 0 aliphatic heterocycles. The number of halogens is 1. The molecule has 3 rings (SSSR count). The van der Waals surface area contributed by atoms with E-state index in [0.29, 0.717) is 16.2 Å². The minimum Gasteiger partial charge on any atom is -0.508 e. The Bertz CT molecular complexity index is 949. The molecule has 0 unspecified atom stereocenters. The topological polar surface area (TPSA) is 86.4 Å². The lowest BCUT2D eigenvalue weighted by Gasteiger charge is -2.03. The molecule has 1 aromatic heterocycles. The number of phenolic OH excluding ortho intramolecular Hbond substituents is 2. The molecule has 0 amide bonds. The SMILES string of the molecule is Oc1ccc(/C=N/n2c(-c3ccccc3Br)n[nH]c2=S)c(O)c1. The van der Waals surface area contributed by atoms with E-state index in [1.54, 1.807) is 6.07 Å². The lowest BCUT2D eigenvalue weighted by Crippen LogP contribution is -1.95. The zero-order chi connectivity index (χ0) is 16.4. The summed E-state index contributed by atoms with van der Waals surface area (Å²) < 4.78 is 2.64. The molecule has 23 heavy (non-hydrogen) atoms. The van der Waals surface area contributed by atoms with Crippen LogP contribution in [0.5, 0.6) is 11.5 Å². The quantitative estimate of drug-likeness (QED) is 0.470. The Kier molecular flexibility index (Phi) is 4.26. The fourth-order valence-electron chi connectivity index (χ4n) is 1.98. The van der Waals surface area contributed by atoms with E-state index in [-0.39, 0.29) is 11.5 Å². The summed E-state index contributed by atoms with van der Waals surface area (Å²) in [6.07, 6.45) is 1.44. The molecule has 2 aromatic carbocycles. The summed E-state index contributed by atoms with van der Waals surface area (Å²) in [5, 5.41) is 30.3. The van der Waals surface area contributed by atoms with E-state index in [4.69, 9.17) is 12.2 Å². The first-order valence-corrected chi connectivity index (χ1v) is 7.75. The molecule has 116 valence electrons. The first kappa shape index (κ1) is 15.4. The van der Waals surface area contributed by atoms with Crippen LogP contribution >= 0.6 is 28.1 Å². The zero-order valence-electron chi connectivity index (χ0n) is 11.6. The number of H-pyrrole nitrogens is 1. The third-order valence-electron chi connectivity index (χ3n) is 3.09. The first-order valence-electron chi connectivity index (χ1n) is 6.55. The predicted molar refractivity (Wildman–Crippen MR) is 93.3 cm³/mol. The van der Waals surface area contributed by atoms with E-state index in [1.165, 1.54) is 23.0 Å². The minimum atomic E-state index is -0.0776. The van der Waals surface area contributed by atoms with E-state index < -0.39 is 0 Å². The first-order chi connectivity index (χ1) is 11.1. The number of aromatic amines is 1. The molecule has 0 radical (unpaired) electrons. The van der Waals surface area contributed by atoms with E-state index in [2.05, 4.69) is 31.2 Å². The lowest BCUT2D eigenvalue weighted by atomic mass is 10.2. The van der Waals surface area contributed by atoms with Crippen molar-refractivity contribution in [2.24, 2.45) is 5.10 Å². The van der Waals surface area contributed by atoms with Crippen LogP contribution in [0.1, 0.15) is 5.56 Å². The molecule has 0 fully saturated rings. The average molecular weight is 391 g/mol. The highest BCUT2D eigenvalue weighted by Gasteiger charge is 2.11. The van der Waals surface area contributed by atoms with Crippen LogP contribution in [0.3, 0.4) is 0 Å². The Balaban J connectivity index is 2.04. The van der Waals surface area contributed by atoms with Gasteiger partial charge in [-0.05, 0) is 36.5 Å². The van der Waals surface area contributed by atoms with Gasteiger partial charge in [0.1, 0.15) is 11.5 Å². The summed E-state index contributed by atoms with van der Waals surface area (Å²) in [5.74, 6) is 0.441. The molecule has 0 atom stereocenters. The second kappa shape index (κ2) is 6.35. The van der Waals surface area contributed by atoms with Gasteiger partial charge in [-0.3, -0.25) is 0 Å². The summed E-state index contributed by atoms with van der Waals surface area (Å²) in [6, 6.07) is 11.8. The number of aromatic hydroxyl groups is 2. The molecule has 0 saturated carbocycles. The highest BCUT2D eigenvalue weighted by molar-refractivity contribution is 9.10. The molecule has 0 bridgehead atoms. The van der Waals surface area contributed by atoms with Gasteiger partial charge in [-0.1, -0.05) is 28.1 Å². The second-order valence-corrected chi connectivity index (χ2v) is 5.87. The van der Waals surface area contributed by atoms with Gasteiger partial charge in [-0.25, -0.2) is 5.10 Å². The van der Waals surface area contributed by atoms with Crippen LogP contribution < -0.4 is 0 Å². The zero-order valence-corrected chi connectivity index (χ0v) is 14.0. The number of hydrogen-bond acceptors (Lipinski definition) is 5. The Labute approximate surface area is 144 Å². The van der Waals surface area contributed by atoms with Crippen molar-refractivity contribution in [1.29, 1.82) is 0 Å². The molecule has 0 aliphatic rings. The number of nitrogens with one attached hydrogen (secondary N) is 1. The normalized spacial score (nSPS) is 11.2. The Morgan fingerprint density at radius 1 is 1.22 bits per heavy atom. The Morgan fingerprint density at radius 3 is 2.74 bits per heavy atom. The predicted octanol–water partition coefficient (Wildman–Crippen LogP) is 3.66. The largest absolute Gasteiger partial charge is 0.508 e. The average Bonchev–Trinajstić information content (AvgIpc) is 2.88. The van der Waals surface area contributed by atoms with Gasteiger partial charge in [0.2, 0.25) is 4.77 Å². The molecule has 0 saturated heterocycles. The van der Waals surface area contributed by atoms with Crippen LogP contribution in [0.4, 0.5) is 0 Å². The van der Waals surface area contributed by atoms with Gasteiger partial charge in [0.05, 0.1) is 6.21 Å². The summed E-state index contributed by atoms with van der Waals surface area (Å²) in [5.41, 5.74) is 1.27. The van der Waals surface area contributed by atoms with Gasteiger partial charge in [0.15, 0.2) is 5.82 Å². The molecular formula is C15H11BrN4O2S. The van der Waals surface area contributed by atoms with Crippen LogP contribution in [0.15, 0.2) is 52.0 Å². The van der Waals surface area contributed by atoms with Gasteiger partial charge in [-0.15, -0.1) is 0 Å². The third kappa shape index (κ3) is 3.17. The van der Waals surface area contributed by atoms with Gasteiger partial charge < -0.3 is 10.2 Å². The second-order valence-electron chi connectivity index (χ2n) is 4.63. The maximum absolute atomic E-state index is 9.80. The van der Waals surface area contributed by atoms with Crippen molar-refractivity contribution in [2.45, 2.75) is 0 Å². The van der Waals surface area contributed by atoms with Crippen LogP contribution in [0.25, 0.3) is 11.4 Å². The van der Waals surface area contributed by atoms with Crippen molar-refractivity contribution in [3.05, 3.63) is 57.3 Å². The van der Waals surface area contributed by atoms with Gasteiger partial charge in [0.25, 0.3) is 0 Å². The number of hydrogen-bond donors (Lipinski definition) is 3. The number of nitrogens with zero attached hydrogens (tertiary/aromatic N) is 3. The van der Waals surface area contributed by atoms with E-state index in [0.717, 1.165) is 10.0 Å². The molecular weight excluding hydrogens is 380 g/mol. The molecule has 3 aromatic rings. The number of phenols is 2. The number of aromatic nitrogens is 3. The van der Waals surface area contributed by atoms with Crippen LogP contribution in [0.2, 0.25) is 0 Å². The van der Waals surface area contributed by atoms with Crippen LogP contribution in [-0.2, 0) is 0 Å². The van der Waals surface area contributed by atoms with Crippen LogP contribution in [0, 0.1) is 4.77 Å². The molecule has 0 aliphatic carbocycles. The Hall–Kier alpha value is -2.45. The maximum Gasteiger partial charge on any atom is 0.216 e. The highest BCUT2D eigenvalue weighted by atomic mass is 79.9. The van der Waals surface area contributed by atoms with Crippen molar-refractivity contribution in [2.75, 3.05) is 0 Å². The van der Waals surface area contributed by atoms with Crippen molar-refractivity contribution in [1.82, 2.24) is 14.9 Å². The molecule has 6 nitrogen and oxygen atoms in total. The summed E-state index contributed by atoms with van der Waals surface area (Å²) in [7, 11) is 0. The molecule has 1 heterocycles. The van der Waals surface area contributed by atoms with Gasteiger partial charge in [-0.2, -0.15) is 14.9 Å². The van der Waals surface area contributed by atoms with E-state index in [1.807, 2.05) is 24.3 Å². The van der Waals surface area contributed by atoms with Crippen LogP contribution in [-0.4, -0.2) is 31.3 Å². The number of benzene rings is 2. The summed E-state index contributed by atoms with van der Waals surface area (Å²) in [4.78, 5) is 0. The number of rotatable bonds is 3. The molecule has 0 spiro atoms. The maximum atomic E-state index is 9.80. The minimum absolute atomic E-state index is 0.0199.